The molecular formula is C44H73N9O17S. The van der Waals surface area contributed by atoms with Crippen molar-refractivity contribution in [3.8, 4) is 0 Å². The maximum Gasteiger partial charge on any atom is 0.326 e. The van der Waals surface area contributed by atoms with E-state index in [1.54, 1.807) is 6.92 Å². The Morgan fingerprint density at radius 2 is 1.18 bits per heavy atom. The van der Waals surface area contributed by atoms with E-state index in [9.17, 15) is 71.7 Å². The summed E-state index contributed by atoms with van der Waals surface area (Å²) in [6.45, 7) is 1.93. The minimum Gasteiger partial charge on any atom is -0.481 e. The van der Waals surface area contributed by atoms with Crippen LogP contribution >= 0.6 is 0 Å². The molecule has 71 heavy (non-hydrogen) atoms. The van der Waals surface area contributed by atoms with Crippen LogP contribution in [0.3, 0.4) is 0 Å². The molecule has 0 radical (unpaired) electrons. The number of aromatic amines is 1. The number of amides is 5. The lowest BCUT2D eigenvalue weighted by Gasteiger charge is -2.16. The number of nitrogens with zero attached hydrogens (tertiary/aromatic N) is 3. The van der Waals surface area contributed by atoms with Gasteiger partial charge in [0.25, 0.3) is 0 Å². The topological polar surface area (TPSA) is 399 Å². The highest BCUT2D eigenvalue weighted by Gasteiger charge is 2.26. The number of tetrazole rings is 1. The number of aryl methyl sites for hydroxylation is 1. The second-order valence-electron chi connectivity index (χ2n) is 16.8. The van der Waals surface area contributed by atoms with E-state index in [0.29, 0.717) is 57.3 Å². The maximum atomic E-state index is 12.6. The van der Waals surface area contributed by atoms with Crippen LogP contribution in [0.5, 0.6) is 0 Å². The number of rotatable bonds is 45. The van der Waals surface area contributed by atoms with Gasteiger partial charge in [0, 0.05) is 70.9 Å². The number of hydrogen-bond acceptors (Lipinski definition) is 17. The quantitative estimate of drug-likeness (QED) is 0.0405. The first kappa shape index (κ1) is 63.1. The SMILES string of the molecule is CCC(=O)NCCCCC(NC(=O)CCCCCCCCC(=O)CCC(NC(=O)CCC(CC(=O)COCCOCCNC(=O)CCCS(=O)(=O)NC(=O)CCCc1nn[nH]n1)C(=O)O)C(=O)O)C(=O)O. The fourth-order valence-corrected chi connectivity index (χ4v) is 7.80. The number of ether oxygens (including phenoxy) is 2. The molecule has 1 rings (SSSR count). The molecule has 3 atom stereocenters. The number of carbonyl (C=O) groups excluding carboxylic acids is 7. The first-order valence-corrected chi connectivity index (χ1v) is 25.7. The number of H-pyrrole nitrogens is 1. The van der Waals surface area contributed by atoms with Crippen molar-refractivity contribution in [3.05, 3.63) is 5.82 Å². The molecule has 402 valence electrons. The summed E-state index contributed by atoms with van der Waals surface area (Å²) in [5, 5.41) is 51.9. The highest BCUT2D eigenvalue weighted by molar-refractivity contribution is 7.90. The second-order valence-corrected chi connectivity index (χ2v) is 18.6. The largest absolute Gasteiger partial charge is 0.481 e. The van der Waals surface area contributed by atoms with Crippen LogP contribution in [0.25, 0.3) is 0 Å². The molecule has 5 amide bonds. The molecule has 1 heterocycles. The Morgan fingerprint density at radius 3 is 1.83 bits per heavy atom. The number of hydrogen-bond donors (Lipinski definition) is 9. The number of unbranched alkanes of at least 4 members (excludes halogenated alkanes) is 6. The zero-order valence-electron chi connectivity index (χ0n) is 40.5. The van der Waals surface area contributed by atoms with Gasteiger partial charge in [-0.15, -0.1) is 10.2 Å². The average molecular weight is 1030 g/mol. The number of carbonyl (C=O) groups is 10. The summed E-state index contributed by atoms with van der Waals surface area (Å²) in [5.74, 6) is -8.11. The monoisotopic (exact) mass is 1030 g/mol. The average Bonchev–Trinajstić information content (AvgIpc) is 3.83. The Hall–Kier alpha value is -5.96. The van der Waals surface area contributed by atoms with E-state index >= 15 is 0 Å². The fraction of sp³-hybridized carbons (Fsp3) is 0.750. The van der Waals surface area contributed by atoms with Crippen LogP contribution in [0, 0.1) is 5.92 Å². The molecule has 1 aromatic rings. The highest BCUT2D eigenvalue weighted by Crippen LogP contribution is 2.15. The summed E-state index contributed by atoms with van der Waals surface area (Å²) >= 11 is 0. The standard InChI is InChI=1S/C44H73N9O17S/c1-2-37(56)45-23-10-9-14-34(43(63)64)47-39(58)16-8-6-4-3-5-7-13-32(54)20-21-35(44(65)66)48-40(59)22-19-31(42(61)62)29-33(55)30-70-27-26-69-25-24-46-38(57)18-12-28-71(67,68)51-41(60)17-11-15-36-49-52-53-50-36/h31,34-35H,2-30H2,1H3,(H,45,56)(H,46,57)(H,47,58)(H,48,59)(H,51,60)(H,61,62)(H,63,64)(H,65,66)(H,49,50,52,53). The van der Waals surface area contributed by atoms with Crippen LogP contribution in [0.2, 0.25) is 0 Å². The van der Waals surface area contributed by atoms with Crippen molar-refractivity contribution >= 4 is 69.0 Å². The van der Waals surface area contributed by atoms with Gasteiger partial charge in [0.2, 0.25) is 39.6 Å². The zero-order chi connectivity index (χ0) is 52.9. The summed E-state index contributed by atoms with van der Waals surface area (Å²) < 4.78 is 36.8. The number of sulfonamides is 1. The Morgan fingerprint density at radius 1 is 0.577 bits per heavy atom. The van der Waals surface area contributed by atoms with Gasteiger partial charge < -0.3 is 46.1 Å². The van der Waals surface area contributed by atoms with E-state index in [1.807, 2.05) is 4.72 Å². The third-order valence-electron chi connectivity index (χ3n) is 10.7. The van der Waals surface area contributed by atoms with Crippen molar-refractivity contribution in [2.75, 3.05) is 45.3 Å². The van der Waals surface area contributed by atoms with E-state index in [4.69, 9.17) is 9.47 Å². The summed E-state index contributed by atoms with van der Waals surface area (Å²) in [7, 11) is -3.92. The number of aromatic nitrogens is 4. The number of Topliss-reactive ketones (excluding diaryl/α,β-unsaturated/α-hetero) is 2. The van der Waals surface area contributed by atoms with Gasteiger partial charge in [0.15, 0.2) is 11.6 Å². The Balaban J connectivity index is 2.17. The molecule has 9 N–H and O–H groups in total. The van der Waals surface area contributed by atoms with E-state index in [0.717, 1.165) is 25.7 Å². The molecule has 0 aliphatic rings. The van der Waals surface area contributed by atoms with Gasteiger partial charge in [-0.25, -0.2) is 18.0 Å². The third-order valence-corrected chi connectivity index (χ3v) is 12.0. The molecule has 0 aliphatic heterocycles. The van der Waals surface area contributed by atoms with E-state index in [-0.39, 0.29) is 108 Å². The van der Waals surface area contributed by atoms with Crippen LogP contribution in [0.4, 0.5) is 0 Å². The van der Waals surface area contributed by atoms with Crippen molar-refractivity contribution in [2.45, 2.75) is 160 Å². The number of carboxylic acid groups (broad SMARTS) is 3. The third kappa shape index (κ3) is 34.1. The Bertz CT molecular complexity index is 1940. The predicted octanol–water partition coefficient (Wildman–Crippen LogP) is 0.644. The number of carboxylic acids is 3. The normalized spacial score (nSPS) is 12.5. The predicted molar refractivity (Wildman–Crippen MR) is 250 cm³/mol. The Labute approximate surface area is 413 Å². The second kappa shape index (κ2) is 37.8. The lowest BCUT2D eigenvalue weighted by Crippen LogP contribution is -2.41. The molecule has 26 nitrogen and oxygen atoms in total. The molecule has 0 saturated carbocycles. The maximum absolute atomic E-state index is 12.6. The van der Waals surface area contributed by atoms with Gasteiger partial charge in [0.1, 0.15) is 24.5 Å². The first-order valence-electron chi connectivity index (χ1n) is 24.1. The molecule has 0 bridgehead atoms. The molecule has 0 aliphatic carbocycles. The molecular weight excluding hydrogens is 959 g/mol. The smallest absolute Gasteiger partial charge is 0.326 e. The summed E-state index contributed by atoms with van der Waals surface area (Å²) in [5.41, 5.74) is 0. The van der Waals surface area contributed by atoms with Crippen molar-refractivity contribution in [1.29, 1.82) is 0 Å². The fourth-order valence-electron chi connectivity index (χ4n) is 6.72. The molecule has 27 heteroatoms. The van der Waals surface area contributed by atoms with Crippen molar-refractivity contribution in [1.82, 2.24) is 46.6 Å². The molecule has 0 spiro atoms. The van der Waals surface area contributed by atoms with Gasteiger partial charge in [-0.3, -0.25) is 43.1 Å². The molecule has 0 aromatic carbocycles. The summed E-state index contributed by atoms with van der Waals surface area (Å²) in [6.07, 6.45) is 5.48. The summed E-state index contributed by atoms with van der Waals surface area (Å²) in [4.78, 5) is 120. The van der Waals surface area contributed by atoms with Gasteiger partial charge in [0.05, 0.1) is 31.5 Å². The van der Waals surface area contributed by atoms with Crippen molar-refractivity contribution in [2.24, 2.45) is 5.92 Å². The van der Waals surface area contributed by atoms with E-state index < -0.39 is 88.2 Å². The van der Waals surface area contributed by atoms with Crippen LogP contribution < -0.4 is 26.0 Å². The lowest BCUT2D eigenvalue weighted by molar-refractivity contribution is -0.145. The van der Waals surface area contributed by atoms with Crippen LogP contribution in [-0.4, -0.2) is 161 Å². The van der Waals surface area contributed by atoms with Gasteiger partial charge >= 0.3 is 17.9 Å². The molecule has 0 saturated heterocycles. The number of ketones is 2. The number of aliphatic carboxylic acids is 3. The van der Waals surface area contributed by atoms with E-state index in [2.05, 4.69) is 41.9 Å². The minimum atomic E-state index is -3.92. The number of nitrogens with one attached hydrogen (secondary N) is 6. The molecule has 0 fully saturated rings. The molecule has 1 aromatic heterocycles. The zero-order valence-corrected chi connectivity index (χ0v) is 41.4. The van der Waals surface area contributed by atoms with Gasteiger partial charge in [-0.2, -0.15) is 5.21 Å². The van der Waals surface area contributed by atoms with Gasteiger partial charge in [-0.1, -0.05) is 37.8 Å². The lowest BCUT2D eigenvalue weighted by atomic mass is 9.97. The highest BCUT2D eigenvalue weighted by atomic mass is 32.2. The van der Waals surface area contributed by atoms with Crippen molar-refractivity contribution in [3.63, 3.8) is 0 Å². The van der Waals surface area contributed by atoms with Gasteiger partial charge in [-0.05, 0) is 57.8 Å². The van der Waals surface area contributed by atoms with Crippen LogP contribution in [0.1, 0.15) is 148 Å². The summed E-state index contributed by atoms with van der Waals surface area (Å²) in [6, 6.07) is -2.37. The Kier molecular flexibility index (Phi) is 33.6. The van der Waals surface area contributed by atoms with E-state index in [1.165, 1.54) is 0 Å². The minimum absolute atomic E-state index is 0.0288. The van der Waals surface area contributed by atoms with Crippen LogP contribution in [-0.2, 0) is 73.9 Å². The first-order chi connectivity index (χ1) is 33.8. The molecule has 3 unspecified atom stereocenters. The van der Waals surface area contributed by atoms with Crippen molar-refractivity contribution < 1.29 is 81.2 Å². The van der Waals surface area contributed by atoms with Crippen LogP contribution in [0.15, 0.2) is 0 Å².